The Bertz CT molecular complexity index is 603. The first kappa shape index (κ1) is 12.2. The first-order valence-electron chi connectivity index (χ1n) is 5.35. The summed E-state index contributed by atoms with van der Waals surface area (Å²) in [6.45, 7) is 1.71. The Kier molecular flexibility index (Phi) is 3.10. The van der Waals surface area contributed by atoms with Crippen molar-refractivity contribution in [2.75, 3.05) is 5.73 Å². The van der Waals surface area contributed by atoms with Gasteiger partial charge in [0.1, 0.15) is 11.6 Å². The highest BCUT2D eigenvalue weighted by atomic mass is 19.1. The lowest BCUT2D eigenvalue weighted by molar-refractivity contribution is 0.103. The fraction of sp³-hybridized carbons (Fsp3) is 0.0714. The fourth-order valence-corrected chi connectivity index (χ4v) is 1.81. The van der Waals surface area contributed by atoms with Gasteiger partial charge in [0.15, 0.2) is 5.78 Å². The summed E-state index contributed by atoms with van der Waals surface area (Å²) in [6, 6.07) is 7.85. The number of nitrogen functional groups attached to an aromatic ring is 1. The Morgan fingerprint density at radius 1 is 1.17 bits per heavy atom. The molecule has 0 heterocycles. The van der Waals surface area contributed by atoms with Gasteiger partial charge in [-0.05, 0) is 30.7 Å². The predicted molar refractivity (Wildman–Crippen MR) is 65.4 cm³/mol. The van der Waals surface area contributed by atoms with Crippen LogP contribution < -0.4 is 5.73 Å². The second-order valence-corrected chi connectivity index (χ2v) is 3.99. The zero-order valence-electron chi connectivity index (χ0n) is 9.71. The van der Waals surface area contributed by atoms with Crippen LogP contribution in [0.4, 0.5) is 14.5 Å². The number of hydrogen-bond acceptors (Lipinski definition) is 2. The van der Waals surface area contributed by atoms with E-state index < -0.39 is 17.4 Å². The van der Waals surface area contributed by atoms with Crippen LogP contribution in [0.1, 0.15) is 21.5 Å². The van der Waals surface area contributed by atoms with Gasteiger partial charge in [-0.25, -0.2) is 8.78 Å². The Morgan fingerprint density at radius 2 is 1.89 bits per heavy atom. The van der Waals surface area contributed by atoms with E-state index in [2.05, 4.69) is 0 Å². The van der Waals surface area contributed by atoms with Crippen LogP contribution in [0.3, 0.4) is 0 Å². The molecule has 4 heteroatoms. The lowest BCUT2D eigenvalue weighted by Gasteiger charge is -2.09. The lowest BCUT2D eigenvalue weighted by atomic mass is 9.97. The lowest BCUT2D eigenvalue weighted by Crippen LogP contribution is -2.09. The third-order valence-electron chi connectivity index (χ3n) is 2.71. The highest BCUT2D eigenvalue weighted by Gasteiger charge is 2.18. The quantitative estimate of drug-likeness (QED) is 0.654. The van der Waals surface area contributed by atoms with E-state index in [0.29, 0.717) is 11.6 Å². The van der Waals surface area contributed by atoms with Gasteiger partial charge < -0.3 is 5.73 Å². The molecule has 2 rings (SSSR count). The smallest absolute Gasteiger partial charge is 0.198 e. The van der Waals surface area contributed by atoms with Gasteiger partial charge >= 0.3 is 0 Å². The molecule has 2 aromatic carbocycles. The van der Waals surface area contributed by atoms with Gasteiger partial charge in [-0.15, -0.1) is 0 Å². The number of halogens is 2. The number of ketones is 1. The zero-order chi connectivity index (χ0) is 13.3. The van der Waals surface area contributed by atoms with Gasteiger partial charge in [0.2, 0.25) is 0 Å². The van der Waals surface area contributed by atoms with Crippen molar-refractivity contribution in [3.63, 3.8) is 0 Å². The van der Waals surface area contributed by atoms with Crippen molar-refractivity contribution in [1.29, 1.82) is 0 Å². The molecule has 0 aliphatic heterocycles. The molecule has 0 unspecified atom stereocenters. The molecule has 0 spiro atoms. The molecule has 0 saturated heterocycles. The Balaban J connectivity index is 2.55. The summed E-state index contributed by atoms with van der Waals surface area (Å²) >= 11 is 0. The van der Waals surface area contributed by atoms with Gasteiger partial charge in [-0.3, -0.25) is 4.79 Å². The molecule has 2 N–H and O–H groups in total. The number of aryl methyl sites for hydroxylation is 1. The number of anilines is 1. The van der Waals surface area contributed by atoms with Gasteiger partial charge in [0.05, 0.1) is 5.56 Å². The highest BCUT2D eigenvalue weighted by molar-refractivity contribution is 6.13. The molecule has 0 amide bonds. The Hall–Kier alpha value is -2.23. The largest absolute Gasteiger partial charge is 0.398 e. The number of carbonyl (C=O) groups is 1. The van der Waals surface area contributed by atoms with Crippen molar-refractivity contribution in [3.05, 3.63) is 64.7 Å². The van der Waals surface area contributed by atoms with Crippen molar-refractivity contribution in [3.8, 4) is 0 Å². The van der Waals surface area contributed by atoms with E-state index in [1.54, 1.807) is 25.1 Å². The fourth-order valence-electron chi connectivity index (χ4n) is 1.81. The second-order valence-electron chi connectivity index (χ2n) is 3.99. The van der Waals surface area contributed by atoms with Crippen molar-refractivity contribution < 1.29 is 13.6 Å². The number of rotatable bonds is 2. The topological polar surface area (TPSA) is 43.1 Å². The molecule has 0 atom stereocenters. The summed E-state index contributed by atoms with van der Waals surface area (Å²) in [5.41, 5.74) is 6.73. The zero-order valence-corrected chi connectivity index (χ0v) is 9.71. The Morgan fingerprint density at radius 3 is 2.50 bits per heavy atom. The van der Waals surface area contributed by atoms with Crippen LogP contribution >= 0.6 is 0 Å². The van der Waals surface area contributed by atoms with Crippen molar-refractivity contribution in [2.24, 2.45) is 0 Å². The van der Waals surface area contributed by atoms with E-state index in [0.717, 1.165) is 12.1 Å². The van der Waals surface area contributed by atoms with Crippen LogP contribution in [-0.2, 0) is 0 Å². The summed E-state index contributed by atoms with van der Waals surface area (Å²) in [7, 11) is 0. The molecule has 0 aromatic heterocycles. The minimum absolute atomic E-state index is 0.183. The number of benzene rings is 2. The molecular weight excluding hydrogens is 236 g/mol. The van der Waals surface area contributed by atoms with Gasteiger partial charge in [0, 0.05) is 17.3 Å². The van der Waals surface area contributed by atoms with E-state index >= 15 is 0 Å². The maximum Gasteiger partial charge on any atom is 0.198 e. The van der Waals surface area contributed by atoms with E-state index in [4.69, 9.17) is 5.73 Å². The maximum absolute atomic E-state index is 13.5. The minimum Gasteiger partial charge on any atom is -0.398 e. The van der Waals surface area contributed by atoms with E-state index in [1.165, 1.54) is 0 Å². The number of carbonyl (C=O) groups excluding carboxylic acids is 1. The first-order valence-corrected chi connectivity index (χ1v) is 5.35. The Labute approximate surface area is 103 Å². The van der Waals surface area contributed by atoms with Crippen LogP contribution in [0.5, 0.6) is 0 Å². The van der Waals surface area contributed by atoms with E-state index in [-0.39, 0.29) is 16.8 Å². The predicted octanol–water partition coefficient (Wildman–Crippen LogP) is 3.09. The summed E-state index contributed by atoms with van der Waals surface area (Å²) < 4.78 is 26.3. The average Bonchev–Trinajstić information content (AvgIpc) is 2.28. The van der Waals surface area contributed by atoms with Crippen LogP contribution in [0.15, 0.2) is 36.4 Å². The third-order valence-corrected chi connectivity index (χ3v) is 2.71. The van der Waals surface area contributed by atoms with Crippen molar-refractivity contribution >= 4 is 11.5 Å². The summed E-state index contributed by atoms with van der Waals surface area (Å²) in [4.78, 5) is 12.2. The average molecular weight is 247 g/mol. The first-order chi connectivity index (χ1) is 8.50. The number of nitrogens with two attached hydrogens (primary N) is 1. The standard InChI is InChI=1S/C14H11F2NO/c1-8-3-2-4-12(17)13(8)14(18)10-6-5-9(15)7-11(10)16/h2-7H,17H2,1H3. The third kappa shape index (κ3) is 2.09. The normalized spacial score (nSPS) is 10.4. The molecule has 0 aliphatic carbocycles. The van der Waals surface area contributed by atoms with Crippen LogP contribution in [0.25, 0.3) is 0 Å². The monoisotopic (exact) mass is 247 g/mol. The number of hydrogen-bond donors (Lipinski definition) is 1. The molecule has 0 saturated carbocycles. The van der Waals surface area contributed by atoms with Gasteiger partial charge in [-0.1, -0.05) is 12.1 Å². The summed E-state index contributed by atoms with van der Waals surface area (Å²) in [5.74, 6) is -2.15. The summed E-state index contributed by atoms with van der Waals surface area (Å²) in [6.07, 6.45) is 0. The van der Waals surface area contributed by atoms with E-state index in [9.17, 15) is 13.6 Å². The molecule has 0 bridgehead atoms. The molecule has 92 valence electrons. The van der Waals surface area contributed by atoms with Crippen molar-refractivity contribution in [1.82, 2.24) is 0 Å². The molecule has 0 radical (unpaired) electrons. The maximum atomic E-state index is 13.5. The van der Waals surface area contributed by atoms with E-state index in [1.807, 2.05) is 0 Å². The van der Waals surface area contributed by atoms with Crippen LogP contribution in [-0.4, -0.2) is 5.78 Å². The van der Waals surface area contributed by atoms with Gasteiger partial charge in [0.25, 0.3) is 0 Å². The molecule has 18 heavy (non-hydrogen) atoms. The summed E-state index contributed by atoms with van der Waals surface area (Å²) in [5, 5.41) is 0. The van der Waals surface area contributed by atoms with Crippen LogP contribution in [0, 0.1) is 18.6 Å². The SMILES string of the molecule is Cc1cccc(N)c1C(=O)c1ccc(F)cc1F. The molecule has 2 nitrogen and oxygen atoms in total. The minimum atomic E-state index is -0.886. The molecular formula is C14H11F2NO. The van der Waals surface area contributed by atoms with Crippen molar-refractivity contribution in [2.45, 2.75) is 6.92 Å². The highest BCUT2D eigenvalue weighted by Crippen LogP contribution is 2.22. The second kappa shape index (κ2) is 4.56. The molecule has 0 aliphatic rings. The molecule has 2 aromatic rings. The van der Waals surface area contributed by atoms with Crippen LogP contribution in [0.2, 0.25) is 0 Å². The van der Waals surface area contributed by atoms with Gasteiger partial charge in [-0.2, -0.15) is 0 Å². The molecule has 0 fully saturated rings.